The standard InChI is InChI=1S/C13H24N2O3/c1-8(7-16)15-11(17)13(14)9-5-4-6-18-10(9)12(13,2)3/h8-10,16H,4-7,14H2,1-3H3,(H,15,17)/t8-,9?,10?,13?/m1/s1. The second kappa shape index (κ2) is 4.47. The molecule has 0 aromatic heterocycles. The predicted molar refractivity (Wildman–Crippen MR) is 67.9 cm³/mol. The minimum absolute atomic E-state index is 0.0754. The Balaban J connectivity index is 2.16. The third-order valence-corrected chi connectivity index (χ3v) is 4.71. The molecule has 1 saturated carbocycles. The van der Waals surface area contributed by atoms with Gasteiger partial charge in [0.05, 0.1) is 12.7 Å². The highest BCUT2D eigenvalue weighted by molar-refractivity contribution is 5.89. The summed E-state index contributed by atoms with van der Waals surface area (Å²) in [5.41, 5.74) is 5.16. The molecule has 5 heteroatoms. The first kappa shape index (κ1) is 13.8. The number of nitrogens with one attached hydrogen (secondary N) is 1. The van der Waals surface area contributed by atoms with Crippen molar-refractivity contribution in [3.8, 4) is 0 Å². The maximum Gasteiger partial charge on any atom is 0.241 e. The molecule has 1 heterocycles. The smallest absolute Gasteiger partial charge is 0.241 e. The maximum atomic E-state index is 12.4. The van der Waals surface area contributed by atoms with Crippen molar-refractivity contribution in [1.29, 1.82) is 0 Å². The molecule has 3 unspecified atom stereocenters. The number of fused-ring (bicyclic) bond motifs is 1. The van der Waals surface area contributed by atoms with Crippen molar-refractivity contribution in [3.63, 3.8) is 0 Å². The molecular weight excluding hydrogens is 232 g/mol. The van der Waals surface area contributed by atoms with Gasteiger partial charge in [-0.3, -0.25) is 4.79 Å². The van der Waals surface area contributed by atoms with Crippen molar-refractivity contribution in [2.45, 2.75) is 51.3 Å². The Morgan fingerprint density at radius 1 is 1.61 bits per heavy atom. The van der Waals surface area contributed by atoms with E-state index < -0.39 is 5.54 Å². The summed E-state index contributed by atoms with van der Waals surface area (Å²) in [7, 11) is 0. The average Bonchev–Trinajstić information content (AvgIpc) is 2.37. The number of aliphatic hydroxyl groups is 1. The topological polar surface area (TPSA) is 84.6 Å². The van der Waals surface area contributed by atoms with Crippen molar-refractivity contribution in [2.75, 3.05) is 13.2 Å². The fourth-order valence-corrected chi connectivity index (χ4v) is 3.43. The van der Waals surface area contributed by atoms with E-state index in [-0.39, 0.29) is 36.0 Å². The van der Waals surface area contributed by atoms with Crippen molar-refractivity contribution in [2.24, 2.45) is 17.1 Å². The number of ether oxygens (including phenoxy) is 1. The second-order valence-electron chi connectivity index (χ2n) is 6.19. The molecule has 2 rings (SSSR count). The molecule has 2 aliphatic rings. The van der Waals surface area contributed by atoms with E-state index in [0.717, 1.165) is 19.4 Å². The number of hydrogen-bond donors (Lipinski definition) is 3. The molecular formula is C13H24N2O3. The Morgan fingerprint density at radius 2 is 2.28 bits per heavy atom. The zero-order valence-electron chi connectivity index (χ0n) is 11.4. The zero-order valence-corrected chi connectivity index (χ0v) is 11.4. The van der Waals surface area contributed by atoms with Crippen LogP contribution in [0, 0.1) is 11.3 Å². The molecule has 4 atom stereocenters. The van der Waals surface area contributed by atoms with Crippen LogP contribution in [0.3, 0.4) is 0 Å². The fourth-order valence-electron chi connectivity index (χ4n) is 3.43. The molecule has 5 nitrogen and oxygen atoms in total. The van der Waals surface area contributed by atoms with Gasteiger partial charge in [0.1, 0.15) is 5.54 Å². The highest BCUT2D eigenvalue weighted by Crippen LogP contribution is 2.57. The van der Waals surface area contributed by atoms with Crippen LogP contribution >= 0.6 is 0 Å². The average molecular weight is 256 g/mol. The van der Waals surface area contributed by atoms with Crippen LogP contribution in [0.4, 0.5) is 0 Å². The van der Waals surface area contributed by atoms with E-state index in [9.17, 15) is 4.79 Å². The lowest BCUT2D eigenvalue weighted by atomic mass is 9.46. The number of rotatable bonds is 3. The van der Waals surface area contributed by atoms with Crippen LogP contribution in [0.1, 0.15) is 33.6 Å². The van der Waals surface area contributed by atoms with Gasteiger partial charge < -0.3 is 20.9 Å². The molecule has 0 aromatic carbocycles. The number of aliphatic hydroxyl groups excluding tert-OH is 1. The van der Waals surface area contributed by atoms with Gasteiger partial charge in [0, 0.05) is 24.0 Å². The number of nitrogens with two attached hydrogens (primary N) is 1. The van der Waals surface area contributed by atoms with E-state index in [1.165, 1.54) is 0 Å². The number of hydrogen-bond acceptors (Lipinski definition) is 4. The Hall–Kier alpha value is -0.650. The number of carbonyl (C=O) groups is 1. The van der Waals surface area contributed by atoms with Gasteiger partial charge in [-0.1, -0.05) is 13.8 Å². The fraction of sp³-hybridized carbons (Fsp3) is 0.923. The van der Waals surface area contributed by atoms with E-state index in [1.54, 1.807) is 6.92 Å². The molecule has 1 aliphatic heterocycles. The predicted octanol–water partition coefficient (Wildman–Crippen LogP) is 0.0159. The molecule has 1 amide bonds. The highest BCUT2D eigenvalue weighted by atomic mass is 16.5. The summed E-state index contributed by atoms with van der Waals surface area (Å²) >= 11 is 0. The quantitative estimate of drug-likeness (QED) is 0.664. The molecule has 0 aromatic rings. The van der Waals surface area contributed by atoms with Crippen molar-refractivity contribution in [3.05, 3.63) is 0 Å². The van der Waals surface area contributed by atoms with Crippen LogP contribution in [-0.2, 0) is 9.53 Å². The van der Waals surface area contributed by atoms with Crippen molar-refractivity contribution >= 4 is 5.91 Å². The van der Waals surface area contributed by atoms with E-state index >= 15 is 0 Å². The van der Waals surface area contributed by atoms with Gasteiger partial charge in [-0.15, -0.1) is 0 Å². The van der Waals surface area contributed by atoms with Crippen LogP contribution in [0.15, 0.2) is 0 Å². The molecule has 1 aliphatic carbocycles. The summed E-state index contributed by atoms with van der Waals surface area (Å²) in [5.74, 6) is -0.0760. The number of amides is 1. The first-order valence-electron chi connectivity index (χ1n) is 6.68. The van der Waals surface area contributed by atoms with Crippen LogP contribution in [0.5, 0.6) is 0 Å². The van der Waals surface area contributed by atoms with Crippen LogP contribution in [-0.4, -0.2) is 41.9 Å². The SMILES string of the molecule is C[C@H](CO)NC(=O)C1(N)C2CCCOC2C1(C)C. The molecule has 4 N–H and O–H groups in total. The van der Waals surface area contributed by atoms with Crippen molar-refractivity contribution in [1.82, 2.24) is 5.32 Å². The highest BCUT2D eigenvalue weighted by Gasteiger charge is 2.70. The minimum Gasteiger partial charge on any atom is -0.394 e. The first-order chi connectivity index (χ1) is 8.35. The van der Waals surface area contributed by atoms with Crippen molar-refractivity contribution < 1.29 is 14.6 Å². The van der Waals surface area contributed by atoms with E-state index in [4.69, 9.17) is 15.6 Å². The second-order valence-corrected chi connectivity index (χ2v) is 6.19. The first-order valence-corrected chi connectivity index (χ1v) is 6.68. The zero-order chi connectivity index (χ0) is 13.6. The molecule has 18 heavy (non-hydrogen) atoms. The normalized spacial score (nSPS) is 39.4. The molecule has 0 spiro atoms. The van der Waals surface area contributed by atoms with Gasteiger partial charge in [-0.2, -0.15) is 0 Å². The minimum atomic E-state index is -0.887. The summed E-state index contributed by atoms with van der Waals surface area (Å²) in [6.45, 7) is 6.43. The lowest BCUT2D eigenvalue weighted by Gasteiger charge is -2.65. The molecule has 1 saturated heterocycles. The van der Waals surface area contributed by atoms with Crippen LogP contribution in [0.25, 0.3) is 0 Å². The largest absolute Gasteiger partial charge is 0.394 e. The van der Waals surface area contributed by atoms with Gasteiger partial charge in [0.25, 0.3) is 0 Å². The Labute approximate surface area is 108 Å². The summed E-state index contributed by atoms with van der Waals surface area (Å²) in [4.78, 5) is 12.4. The lowest BCUT2D eigenvalue weighted by Crippen LogP contribution is -2.82. The Kier molecular flexibility index (Phi) is 3.42. The molecule has 0 bridgehead atoms. The third-order valence-electron chi connectivity index (χ3n) is 4.71. The van der Waals surface area contributed by atoms with E-state index in [2.05, 4.69) is 5.32 Å². The summed E-state index contributed by atoms with van der Waals surface area (Å²) in [6.07, 6.45) is 1.97. The molecule has 2 fully saturated rings. The Morgan fingerprint density at radius 3 is 2.89 bits per heavy atom. The van der Waals surface area contributed by atoms with Crippen LogP contribution < -0.4 is 11.1 Å². The van der Waals surface area contributed by atoms with Gasteiger partial charge in [0.2, 0.25) is 5.91 Å². The number of carbonyl (C=O) groups excluding carboxylic acids is 1. The Bertz CT molecular complexity index is 345. The summed E-state index contributed by atoms with van der Waals surface area (Å²) in [6, 6.07) is -0.266. The molecule has 0 radical (unpaired) electrons. The van der Waals surface area contributed by atoms with Gasteiger partial charge >= 0.3 is 0 Å². The third kappa shape index (κ3) is 1.68. The molecule has 104 valence electrons. The van der Waals surface area contributed by atoms with E-state index in [0.29, 0.717) is 0 Å². The maximum absolute atomic E-state index is 12.4. The van der Waals surface area contributed by atoms with Gasteiger partial charge in [0.15, 0.2) is 0 Å². The van der Waals surface area contributed by atoms with Gasteiger partial charge in [-0.05, 0) is 19.8 Å². The summed E-state index contributed by atoms with van der Waals surface area (Å²) in [5, 5.41) is 11.8. The monoisotopic (exact) mass is 256 g/mol. The summed E-state index contributed by atoms with van der Waals surface area (Å²) < 4.78 is 5.76. The van der Waals surface area contributed by atoms with Crippen LogP contribution in [0.2, 0.25) is 0 Å². The van der Waals surface area contributed by atoms with E-state index in [1.807, 2.05) is 13.8 Å². The lowest BCUT2D eigenvalue weighted by molar-refractivity contribution is -0.225. The van der Waals surface area contributed by atoms with Gasteiger partial charge in [-0.25, -0.2) is 0 Å².